The molecule has 1 saturated carbocycles. The van der Waals surface area contributed by atoms with Gasteiger partial charge < -0.3 is 25.2 Å². The lowest BCUT2D eigenvalue weighted by atomic mass is 9.71. The largest absolute Gasteiger partial charge is 0.486 e. The smallest absolute Gasteiger partial charge is 0.196 e. The van der Waals surface area contributed by atoms with Crippen LogP contribution in [0.15, 0.2) is 23.5 Å². The van der Waals surface area contributed by atoms with Crippen LogP contribution in [0.4, 0.5) is 0 Å². The Bertz CT molecular complexity index is 596. The Hall–Kier alpha value is -1.21. The van der Waals surface area contributed by atoms with Gasteiger partial charge in [0.15, 0.2) is 11.4 Å². The number of aliphatic hydroxyl groups excluding tert-OH is 3. The van der Waals surface area contributed by atoms with Crippen LogP contribution in [0.2, 0.25) is 0 Å². The zero-order valence-corrected chi connectivity index (χ0v) is 13.5. The maximum absolute atomic E-state index is 12.6. The highest BCUT2D eigenvalue weighted by Crippen LogP contribution is 2.54. The van der Waals surface area contributed by atoms with Crippen LogP contribution in [0.5, 0.6) is 0 Å². The lowest BCUT2D eigenvalue weighted by Crippen LogP contribution is -2.55. The van der Waals surface area contributed by atoms with Gasteiger partial charge in [-0.25, -0.2) is 0 Å². The Morgan fingerprint density at radius 2 is 2.09 bits per heavy atom. The van der Waals surface area contributed by atoms with Gasteiger partial charge in [-0.3, -0.25) is 4.79 Å². The van der Waals surface area contributed by atoms with E-state index < -0.39 is 35.8 Å². The van der Waals surface area contributed by atoms with E-state index in [4.69, 9.17) is 4.74 Å². The van der Waals surface area contributed by atoms with Crippen LogP contribution in [-0.2, 0) is 9.53 Å². The summed E-state index contributed by atoms with van der Waals surface area (Å²) in [7, 11) is 0. The number of carbonyl (C=O) groups excluding carboxylic acids is 1. The van der Waals surface area contributed by atoms with Crippen molar-refractivity contribution in [2.75, 3.05) is 6.61 Å². The van der Waals surface area contributed by atoms with Crippen LogP contribution >= 0.6 is 0 Å². The number of carbonyl (C=O) groups is 1. The fraction of sp³-hybridized carbons (Fsp3) is 0.706. The zero-order valence-electron chi connectivity index (χ0n) is 13.5. The summed E-state index contributed by atoms with van der Waals surface area (Å²) in [4.78, 5) is 12.6. The first-order valence-electron chi connectivity index (χ1n) is 7.95. The summed E-state index contributed by atoms with van der Waals surface area (Å²) < 4.78 is 5.94. The number of aliphatic hydroxyl groups is 4. The third-order valence-corrected chi connectivity index (χ3v) is 5.84. The third-order valence-electron chi connectivity index (χ3n) is 5.84. The third kappa shape index (κ3) is 2.20. The normalized spacial score (nSPS) is 46.3. The molecule has 6 atom stereocenters. The van der Waals surface area contributed by atoms with E-state index in [1.54, 1.807) is 6.92 Å². The Morgan fingerprint density at radius 1 is 1.43 bits per heavy atom. The van der Waals surface area contributed by atoms with Crippen molar-refractivity contribution in [2.45, 2.75) is 56.5 Å². The average Bonchev–Trinajstić information content (AvgIpc) is 2.75. The van der Waals surface area contributed by atoms with Crippen LogP contribution in [0, 0.1) is 11.8 Å². The van der Waals surface area contributed by atoms with E-state index >= 15 is 0 Å². The van der Waals surface area contributed by atoms with Crippen molar-refractivity contribution < 1.29 is 30.0 Å². The summed E-state index contributed by atoms with van der Waals surface area (Å²) in [6.45, 7) is 6.90. The van der Waals surface area contributed by atoms with E-state index in [1.165, 1.54) is 0 Å². The molecule has 3 aliphatic rings. The first-order chi connectivity index (χ1) is 10.6. The highest BCUT2D eigenvalue weighted by molar-refractivity contribution is 6.03. The molecule has 0 radical (unpaired) electrons. The lowest BCUT2D eigenvalue weighted by molar-refractivity contribution is -0.158. The van der Waals surface area contributed by atoms with Crippen LogP contribution in [0.1, 0.15) is 33.1 Å². The second kappa shape index (κ2) is 5.14. The molecular formula is C17H24O6. The predicted octanol–water partition coefficient (Wildman–Crippen LogP) is 0.0497. The number of fused-ring (bicyclic) bond motifs is 1. The summed E-state index contributed by atoms with van der Waals surface area (Å²) in [5, 5.41) is 40.4. The van der Waals surface area contributed by atoms with Gasteiger partial charge in [-0.2, -0.15) is 0 Å². The van der Waals surface area contributed by atoms with Crippen LogP contribution in [-0.4, -0.2) is 56.2 Å². The molecule has 0 bridgehead atoms. The zero-order chi connectivity index (χ0) is 17.2. The molecule has 0 aromatic rings. The van der Waals surface area contributed by atoms with Gasteiger partial charge in [-0.1, -0.05) is 12.2 Å². The van der Waals surface area contributed by atoms with Gasteiger partial charge in [0, 0.05) is 17.9 Å². The van der Waals surface area contributed by atoms with Crippen molar-refractivity contribution in [3.8, 4) is 0 Å². The molecule has 6 nitrogen and oxygen atoms in total. The van der Waals surface area contributed by atoms with Crippen molar-refractivity contribution in [2.24, 2.45) is 11.8 Å². The molecule has 2 aliphatic carbocycles. The summed E-state index contributed by atoms with van der Waals surface area (Å²) in [6.07, 6.45) is -1.41. The van der Waals surface area contributed by atoms with Crippen LogP contribution in [0.25, 0.3) is 0 Å². The van der Waals surface area contributed by atoms with Gasteiger partial charge in [-0.15, -0.1) is 0 Å². The first-order valence-corrected chi connectivity index (χ1v) is 7.95. The number of allylic oxidation sites excluding steroid dienone is 1. The number of ketones is 1. The Kier molecular flexibility index (Phi) is 3.72. The minimum Gasteiger partial charge on any atom is -0.486 e. The van der Waals surface area contributed by atoms with Gasteiger partial charge in [-0.05, 0) is 32.6 Å². The molecule has 0 amide bonds. The predicted molar refractivity (Wildman–Crippen MR) is 81.2 cm³/mol. The number of ether oxygens (including phenoxy) is 1. The molecule has 23 heavy (non-hydrogen) atoms. The van der Waals surface area contributed by atoms with Gasteiger partial charge in [0.2, 0.25) is 0 Å². The van der Waals surface area contributed by atoms with E-state index in [2.05, 4.69) is 6.58 Å². The summed E-state index contributed by atoms with van der Waals surface area (Å²) in [5.74, 6) is -0.624. The molecule has 6 heteroatoms. The van der Waals surface area contributed by atoms with Crippen molar-refractivity contribution in [3.05, 3.63) is 23.5 Å². The molecule has 128 valence electrons. The Labute approximate surface area is 135 Å². The molecule has 4 N–H and O–H groups in total. The SMILES string of the molecule is C=C(C)[C@@H]1C[C@H](O)[C@@]2(C)OC3=C(C[C@@H]12)C(=O)[C@](O)(CO)C[C@@H]3O. The second-order valence-corrected chi connectivity index (χ2v) is 7.38. The highest BCUT2D eigenvalue weighted by Gasteiger charge is 2.60. The molecule has 3 rings (SSSR count). The van der Waals surface area contributed by atoms with Crippen LogP contribution < -0.4 is 0 Å². The average molecular weight is 324 g/mol. The monoisotopic (exact) mass is 324 g/mol. The Morgan fingerprint density at radius 3 is 2.65 bits per heavy atom. The number of Topliss-reactive ketones (excluding diaryl/α,β-unsaturated/α-hetero) is 1. The standard InChI is InChI=1S/C17H24O6/c1-8(2)9-5-13(20)16(3)11(9)4-10-14(23-16)12(19)6-17(22,7-18)15(10)21/h9,11-13,18-20,22H,1,4-7H2,2-3H3/t9-,11-,12-,13-,16-,17+/m0/s1. The van der Waals surface area contributed by atoms with E-state index in [9.17, 15) is 25.2 Å². The molecule has 1 aliphatic heterocycles. The fourth-order valence-electron chi connectivity index (χ4n) is 4.33. The van der Waals surface area contributed by atoms with Gasteiger partial charge >= 0.3 is 0 Å². The molecule has 0 unspecified atom stereocenters. The fourth-order valence-corrected chi connectivity index (χ4v) is 4.33. The maximum atomic E-state index is 12.6. The molecular weight excluding hydrogens is 300 g/mol. The lowest BCUT2D eigenvalue weighted by Gasteiger charge is -2.46. The van der Waals surface area contributed by atoms with Crippen molar-refractivity contribution in [3.63, 3.8) is 0 Å². The van der Waals surface area contributed by atoms with Gasteiger partial charge in [0.05, 0.1) is 12.7 Å². The summed E-state index contributed by atoms with van der Waals surface area (Å²) >= 11 is 0. The van der Waals surface area contributed by atoms with Crippen LogP contribution in [0.3, 0.4) is 0 Å². The molecule has 1 heterocycles. The first kappa shape index (κ1) is 16.6. The van der Waals surface area contributed by atoms with E-state index in [1.807, 2.05) is 6.92 Å². The van der Waals surface area contributed by atoms with Crippen molar-refractivity contribution in [1.29, 1.82) is 0 Å². The molecule has 0 spiro atoms. The topological polar surface area (TPSA) is 107 Å². The van der Waals surface area contributed by atoms with Crippen molar-refractivity contribution >= 4 is 5.78 Å². The molecule has 0 saturated heterocycles. The minimum atomic E-state index is -1.97. The summed E-state index contributed by atoms with van der Waals surface area (Å²) in [5.41, 5.74) is -1.72. The van der Waals surface area contributed by atoms with E-state index in [-0.39, 0.29) is 29.6 Å². The molecule has 1 fully saturated rings. The van der Waals surface area contributed by atoms with Gasteiger partial charge in [0.1, 0.15) is 17.5 Å². The number of hydrogen-bond donors (Lipinski definition) is 4. The highest BCUT2D eigenvalue weighted by atomic mass is 16.5. The molecule has 0 aromatic heterocycles. The maximum Gasteiger partial charge on any atom is 0.196 e. The summed E-state index contributed by atoms with van der Waals surface area (Å²) in [6, 6.07) is 0. The number of rotatable bonds is 2. The molecule has 0 aromatic carbocycles. The minimum absolute atomic E-state index is 0.00172. The second-order valence-electron chi connectivity index (χ2n) is 7.38. The quantitative estimate of drug-likeness (QED) is 0.535. The van der Waals surface area contributed by atoms with Gasteiger partial charge in [0.25, 0.3) is 0 Å². The number of hydrogen-bond acceptors (Lipinski definition) is 6. The van der Waals surface area contributed by atoms with E-state index in [0.29, 0.717) is 12.8 Å². The van der Waals surface area contributed by atoms with E-state index in [0.717, 1.165) is 5.57 Å². The van der Waals surface area contributed by atoms with Crippen molar-refractivity contribution in [1.82, 2.24) is 0 Å². The Balaban J connectivity index is 2.04.